The van der Waals surface area contributed by atoms with E-state index in [2.05, 4.69) is 43.2 Å². The van der Waals surface area contributed by atoms with Gasteiger partial charge in [-0.25, -0.2) is 4.98 Å². The van der Waals surface area contributed by atoms with E-state index in [9.17, 15) is 14.4 Å². The van der Waals surface area contributed by atoms with Gasteiger partial charge in [-0.2, -0.15) is 0 Å². The number of nitrogens with one attached hydrogen (secondary N) is 1. The number of esters is 2. The fraction of sp³-hybridized carbons (Fsp3) is 0.755. The minimum absolute atomic E-state index is 0.0121. The summed E-state index contributed by atoms with van der Waals surface area (Å²) in [5, 5.41) is 3.68. The van der Waals surface area contributed by atoms with Gasteiger partial charge in [-0.05, 0) is 105 Å². The number of thiazole rings is 1. The van der Waals surface area contributed by atoms with Gasteiger partial charge < -0.3 is 14.8 Å². The molecule has 0 aliphatic heterocycles. The lowest BCUT2D eigenvalue weighted by atomic mass is 9.53. The van der Waals surface area contributed by atoms with E-state index in [1.165, 1.54) is 112 Å². The molecule has 1 aromatic heterocycles. The molecule has 6 atom stereocenters. The molecule has 8 heteroatoms. The molecule has 318 valence electrons. The number of aryl methyl sites for hydroxylation is 2. The first kappa shape index (κ1) is 45.3. The van der Waals surface area contributed by atoms with Crippen LogP contribution in [0.15, 0.2) is 24.4 Å². The molecule has 57 heavy (non-hydrogen) atoms. The van der Waals surface area contributed by atoms with E-state index in [4.69, 9.17) is 9.47 Å². The second-order valence-electron chi connectivity index (χ2n) is 18.2. The molecule has 7 nitrogen and oxygen atoms in total. The fourth-order valence-corrected chi connectivity index (χ4v) is 11.5. The van der Waals surface area contributed by atoms with Gasteiger partial charge >= 0.3 is 11.9 Å². The van der Waals surface area contributed by atoms with Crippen molar-refractivity contribution in [3.05, 3.63) is 40.4 Å². The summed E-state index contributed by atoms with van der Waals surface area (Å²) in [5.41, 5.74) is 2.60. The van der Waals surface area contributed by atoms with Crippen molar-refractivity contribution in [3.63, 3.8) is 0 Å². The van der Waals surface area contributed by atoms with Crippen LogP contribution < -0.4 is 10.1 Å². The largest absolute Gasteiger partial charge is 0.462 e. The highest BCUT2D eigenvalue weighted by Gasteiger charge is 2.60. The Hall–Kier alpha value is -2.74. The van der Waals surface area contributed by atoms with Crippen LogP contribution in [0.25, 0.3) is 0 Å². The van der Waals surface area contributed by atoms with E-state index in [0.717, 1.165) is 69.1 Å². The van der Waals surface area contributed by atoms with E-state index in [-0.39, 0.29) is 29.4 Å². The van der Waals surface area contributed by atoms with Gasteiger partial charge in [0.25, 0.3) is 0 Å². The van der Waals surface area contributed by atoms with Crippen molar-refractivity contribution in [3.8, 4) is 5.75 Å². The number of benzene rings is 1. The third-order valence-corrected chi connectivity index (χ3v) is 14.7. The molecule has 0 bridgehead atoms. The Morgan fingerprint density at radius 2 is 1.42 bits per heavy atom. The number of aromatic nitrogens is 1. The summed E-state index contributed by atoms with van der Waals surface area (Å²) in [7, 11) is 0. The maximum Gasteiger partial charge on any atom is 0.311 e. The van der Waals surface area contributed by atoms with Gasteiger partial charge in [0.05, 0.1) is 0 Å². The molecule has 5 rings (SSSR count). The summed E-state index contributed by atoms with van der Waals surface area (Å²) in [6.07, 6.45) is 30.9. The van der Waals surface area contributed by atoms with Crippen molar-refractivity contribution in [2.75, 3.05) is 5.32 Å². The fourth-order valence-electron chi connectivity index (χ4n) is 10.8. The first-order chi connectivity index (χ1) is 27.7. The van der Waals surface area contributed by atoms with E-state index >= 15 is 0 Å². The molecule has 3 unspecified atom stereocenters. The van der Waals surface area contributed by atoms with Crippen LogP contribution in [-0.2, 0) is 25.5 Å². The number of fused-ring (bicyclic) bond motifs is 5. The Morgan fingerprint density at radius 3 is 2.04 bits per heavy atom. The molecule has 1 heterocycles. The normalized spacial score (nSPS) is 23.7. The second-order valence-corrected chi connectivity index (χ2v) is 19.4. The molecule has 2 saturated carbocycles. The first-order valence-corrected chi connectivity index (χ1v) is 24.3. The summed E-state index contributed by atoms with van der Waals surface area (Å²) >= 11 is 1.51. The second kappa shape index (κ2) is 23.7. The number of hydrogen-bond acceptors (Lipinski definition) is 7. The minimum atomic E-state index is -0.124. The molecule has 0 saturated heterocycles. The Labute approximate surface area is 349 Å². The number of ether oxygens (including phenoxy) is 2. The molecule has 1 N–H and O–H groups in total. The zero-order chi connectivity index (χ0) is 40.5. The molecule has 2 fully saturated rings. The number of anilines is 1. The maximum absolute atomic E-state index is 13.4. The zero-order valence-electron chi connectivity index (χ0n) is 36.2. The Balaban J connectivity index is 1.16. The van der Waals surface area contributed by atoms with Crippen LogP contribution in [0.3, 0.4) is 0 Å². The number of hydrogen-bond donors (Lipinski definition) is 1. The van der Waals surface area contributed by atoms with Crippen molar-refractivity contribution in [1.82, 2.24) is 4.98 Å². The minimum Gasteiger partial charge on any atom is -0.462 e. The van der Waals surface area contributed by atoms with E-state index in [1.807, 2.05) is 13.0 Å². The van der Waals surface area contributed by atoms with E-state index in [0.29, 0.717) is 53.8 Å². The third-order valence-electron chi connectivity index (χ3n) is 13.8. The lowest BCUT2D eigenvalue weighted by Gasteiger charge is -2.51. The molecule has 0 spiro atoms. The van der Waals surface area contributed by atoms with Gasteiger partial charge in [-0.15, -0.1) is 11.3 Å². The van der Waals surface area contributed by atoms with Crippen LogP contribution >= 0.6 is 11.3 Å². The van der Waals surface area contributed by atoms with Gasteiger partial charge in [0.1, 0.15) is 11.9 Å². The van der Waals surface area contributed by atoms with Crippen LogP contribution in [0.4, 0.5) is 5.13 Å². The van der Waals surface area contributed by atoms with Crippen LogP contribution in [-0.4, -0.2) is 28.9 Å². The van der Waals surface area contributed by atoms with Crippen molar-refractivity contribution < 1.29 is 23.9 Å². The number of amides is 1. The van der Waals surface area contributed by atoms with Crippen molar-refractivity contribution in [2.24, 2.45) is 23.2 Å². The third kappa shape index (κ3) is 13.6. The molecule has 1 aromatic carbocycles. The molecular weight excluding hydrogens is 729 g/mol. The summed E-state index contributed by atoms with van der Waals surface area (Å²) < 4.78 is 12.3. The van der Waals surface area contributed by atoms with Gasteiger partial charge in [0.15, 0.2) is 5.13 Å². The lowest BCUT2D eigenvalue weighted by molar-refractivity contribution is -0.157. The molecule has 2 aromatic rings. The highest BCUT2D eigenvalue weighted by molar-refractivity contribution is 7.15. The predicted octanol–water partition coefficient (Wildman–Crippen LogP) is 13.6. The highest BCUT2D eigenvalue weighted by atomic mass is 32.1. The number of unbranched alkanes of at least 4 members (excludes halogenated alkanes) is 16. The Morgan fingerprint density at radius 1 is 0.807 bits per heavy atom. The average molecular weight is 805 g/mol. The number of rotatable bonds is 26. The Kier molecular flexibility index (Phi) is 18.9. The summed E-state index contributed by atoms with van der Waals surface area (Å²) in [6.45, 7) is 8.89. The summed E-state index contributed by atoms with van der Waals surface area (Å²) in [4.78, 5) is 44.7. The average Bonchev–Trinajstić information content (AvgIpc) is 3.73. The van der Waals surface area contributed by atoms with Gasteiger partial charge in [0, 0.05) is 35.8 Å². The smallest absolute Gasteiger partial charge is 0.311 e. The van der Waals surface area contributed by atoms with Gasteiger partial charge in [0.2, 0.25) is 5.91 Å². The van der Waals surface area contributed by atoms with E-state index in [1.54, 1.807) is 6.20 Å². The van der Waals surface area contributed by atoms with Crippen LogP contribution in [0.1, 0.15) is 210 Å². The monoisotopic (exact) mass is 805 g/mol. The predicted molar refractivity (Wildman–Crippen MR) is 234 cm³/mol. The van der Waals surface area contributed by atoms with Crippen molar-refractivity contribution >= 4 is 34.3 Å². The molecular formula is C49H76N2O5S. The number of carbonyl (C=O) groups excluding carboxylic acids is 3. The van der Waals surface area contributed by atoms with E-state index < -0.39 is 0 Å². The van der Waals surface area contributed by atoms with Gasteiger partial charge in [-0.1, -0.05) is 130 Å². The first-order valence-electron chi connectivity index (χ1n) is 23.5. The molecule has 0 radical (unpaired) electrons. The Bertz CT molecular complexity index is 1540. The molecule has 3 aliphatic carbocycles. The molecule has 3 aliphatic rings. The van der Waals surface area contributed by atoms with Crippen molar-refractivity contribution in [2.45, 2.75) is 213 Å². The standard InChI is InChI=1S/C49H76N2O5S/c1-5-7-9-11-13-15-17-19-21-23-45(53)55-39-27-29-40-37(33-39)25-28-42-41(40)31-32-49(4)43(56-46(54)24-22-20-18-16-14-12-10-8-6-2)34-38(47(42)49)26-30-44(52)51-48-50-35-36(3)57-48/h27,29,33,35,38,41-43,47H,5-26,28,30-32,34H2,1-4H3,(H,50,51,52)/t38-,41?,42?,43+,47?,49-/m1/s1. The van der Waals surface area contributed by atoms with Crippen LogP contribution in [0.2, 0.25) is 0 Å². The molecule has 1 amide bonds. The van der Waals surface area contributed by atoms with Crippen LogP contribution in [0, 0.1) is 30.1 Å². The maximum atomic E-state index is 13.4. The van der Waals surface area contributed by atoms with Crippen molar-refractivity contribution in [1.29, 1.82) is 0 Å². The lowest BCUT2D eigenvalue weighted by Crippen LogP contribution is -2.46. The number of nitrogens with zero attached hydrogens (tertiary/aromatic N) is 1. The van der Waals surface area contributed by atoms with Gasteiger partial charge in [-0.3, -0.25) is 14.4 Å². The zero-order valence-corrected chi connectivity index (χ0v) is 37.0. The summed E-state index contributed by atoms with van der Waals surface area (Å²) in [6, 6.07) is 6.37. The van der Waals surface area contributed by atoms with Crippen LogP contribution in [0.5, 0.6) is 5.75 Å². The SMILES string of the molecule is CCCCCCCCCCCC(=O)Oc1ccc2c(c1)CCC1C2CC[C@@]2(C)C1[C@H](CCC(=O)Nc1ncc(C)s1)C[C@@H]2OC(=O)CCCCCCCCCCC. The highest BCUT2D eigenvalue weighted by Crippen LogP contribution is 2.64. The summed E-state index contributed by atoms with van der Waals surface area (Å²) in [5.74, 6) is 2.08. The number of carbonyl (C=O) groups is 3. The quantitative estimate of drug-likeness (QED) is 0.0578. The topological polar surface area (TPSA) is 94.6 Å².